The molecule has 17 heavy (non-hydrogen) atoms. The van der Waals surface area contributed by atoms with Crippen LogP contribution in [0.5, 0.6) is 0 Å². The van der Waals surface area contributed by atoms with Crippen molar-refractivity contribution in [3.8, 4) is 0 Å². The van der Waals surface area contributed by atoms with Crippen LogP contribution in [0.1, 0.15) is 2.74 Å². The minimum atomic E-state index is -3.77. The molecule has 0 saturated heterocycles. The highest BCUT2D eigenvalue weighted by Gasteiger charge is 2.16. The number of hydrogen-bond acceptors (Lipinski definition) is 4. The van der Waals surface area contributed by atoms with Gasteiger partial charge in [0.05, 0.1) is 12.5 Å². The summed E-state index contributed by atoms with van der Waals surface area (Å²) in [6.45, 7) is 0. The van der Waals surface area contributed by atoms with Gasteiger partial charge in [0.2, 0.25) is 9.84 Å². The van der Waals surface area contributed by atoms with E-state index in [2.05, 4.69) is 0 Å². The Kier molecular flexibility index (Phi) is 2.19. The highest BCUT2D eigenvalue weighted by Crippen LogP contribution is 2.22. The van der Waals surface area contributed by atoms with Gasteiger partial charge in [0.1, 0.15) is 0 Å². The Labute approximate surface area is 103 Å². The van der Waals surface area contributed by atoms with E-state index in [-0.39, 0.29) is 27.6 Å². The second kappa shape index (κ2) is 4.10. The number of rotatable bonds is 2. The van der Waals surface area contributed by atoms with Crippen LogP contribution in [0, 0.1) is 0 Å². The summed E-state index contributed by atoms with van der Waals surface area (Å²) in [4.78, 5) is -0.0632. The molecule has 5 heteroatoms. The van der Waals surface area contributed by atoms with Crippen LogP contribution < -0.4 is 11.5 Å². The first-order chi connectivity index (χ1) is 8.82. The van der Waals surface area contributed by atoms with E-state index in [1.807, 2.05) is 0 Å². The Balaban J connectivity index is 2.60. The second-order valence-corrected chi connectivity index (χ2v) is 5.42. The van der Waals surface area contributed by atoms with Crippen molar-refractivity contribution in [2.24, 2.45) is 0 Å². The third-order valence-electron chi connectivity index (χ3n) is 2.24. The number of sulfone groups is 1. The van der Waals surface area contributed by atoms with Crippen molar-refractivity contribution < 1.29 is 11.2 Å². The number of anilines is 2. The Hall–Kier alpha value is -2.01. The Morgan fingerprint density at radius 3 is 1.82 bits per heavy atom. The molecular formula is C12H12N2O2S. The van der Waals surface area contributed by atoms with Crippen molar-refractivity contribution in [2.45, 2.75) is 9.79 Å². The van der Waals surface area contributed by atoms with Crippen molar-refractivity contribution in [2.75, 3.05) is 11.5 Å². The standard InChI is InChI=1S/C12H12N2O2S/c13-9-1-5-11(6-2-9)17(15,16)12-7-3-10(14)4-8-12/h1-8H,13-14H2/i1T,2T. The summed E-state index contributed by atoms with van der Waals surface area (Å²) in [6, 6.07) is 7.64. The first kappa shape index (κ1) is 9.07. The average molecular weight is 252 g/mol. The molecule has 2 aromatic rings. The van der Waals surface area contributed by atoms with Gasteiger partial charge in [-0.05, 0) is 48.5 Å². The molecule has 0 amide bonds. The fraction of sp³-hybridized carbons (Fsp3) is 0. The van der Waals surface area contributed by atoms with Gasteiger partial charge in [0.15, 0.2) is 0 Å². The molecule has 0 aliphatic carbocycles. The summed E-state index contributed by atoms with van der Waals surface area (Å²) < 4.78 is 39.7. The summed E-state index contributed by atoms with van der Waals surface area (Å²) in [7, 11) is -3.77. The second-order valence-electron chi connectivity index (χ2n) is 3.47. The lowest BCUT2D eigenvalue weighted by molar-refractivity contribution is 0.596. The van der Waals surface area contributed by atoms with Crippen molar-refractivity contribution >= 4 is 21.2 Å². The lowest BCUT2D eigenvalue weighted by atomic mass is 10.3. The maximum absolute atomic E-state index is 12.3. The molecule has 0 aliphatic heterocycles. The van der Waals surface area contributed by atoms with Crippen LogP contribution >= 0.6 is 0 Å². The molecule has 0 radical (unpaired) electrons. The van der Waals surface area contributed by atoms with E-state index in [0.29, 0.717) is 5.69 Å². The maximum atomic E-state index is 12.3. The highest BCUT2D eigenvalue weighted by atomic mass is 32.2. The van der Waals surface area contributed by atoms with E-state index >= 15 is 0 Å². The van der Waals surface area contributed by atoms with Gasteiger partial charge in [-0.1, -0.05) is 0 Å². The van der Waals surface area contributed by atoms with Gasteiger partial charge >= 0.3 is 0 Å². The predicted molar refractivity (Wildman–Crippen MR) is 67.2 cm³/mol. The van der Waals surface area contributed by atoms with Gasteiger partial charge in [-0.3, -0.25) is 0 Å². The summed E-state index contributed by atoms with van der Waals surface area (Å²) in [5.74, 6) is 0. The van der Waals surface area contributed by atoms with Crippen LogP contribution in [0.25, 0.3) is 0 Å². The molecule has 0 aromatic heterocycles. The van der Waals surface area contributed by atoms with Gasteiger partial charge in [0, 0.05) is 11.4 Å². The summed E-state index contributed by atoms with van der Waals surface area (Å²) >= 11 is 0. The van der Waals surface area contributed by atoms with Crippen LogP contribution in [-0.4, -0.2) is 8.42 Å². The van der Waals surface area contributed by atoms with Crippen molar-refractivity contribution in [3.05, 3.63) is 48.5 Å². The number of hydrogen-bond donors (Lipinski definition) is 2. The molecule has 0 fully saturated rings. The van der Waals surface area contributed by atoms with Crippen LogP contribution in [0.2, 0.25) is 0 Å². The molecule has 0 atom stereocenters. The molecule has 4 N–H and O–H groups in total. The maximum Gasteiger partial charge on any atom is 0.206 e. The number of nitrogens with two attached hydrogens (primary N) is 2. The largest absolute Gasteiger partial charge is 0.399 e. The van der Waals surface area contributed by atoms with E-state index in [0.717, 1.165) is 12.1 Å². The van der Waals surface area contributed by atoms with Crippen LogP contribution in [0.4, 0.5) is 11.4 Å². The normalized spacial score (nSPS) is 12.9. The predicted octanol–water partition coefficient (Wildman–Crippen LogP) is 1.68. The molecule has 0 spiro atoms. The first-order valence-corrected chi connectivity index (χ1v) is 6.28. The van der Waals surface area contributed by atoms with E-state index in [9.17, 15) is 8.42 Å². The molecule has 88 valence electrons. The summed E-state index contributed by atoms with van der Waals surface area (Å²) in [5, 5.41) is 0. The van der Waals surface area contributed by atoms with Crippen LogP contribution in [0.3, 0.4) is 0 Å². The number of benzene rings is 2. The molecule has 0 heterocycles. The van der Waals surface area contributed by atoms with E-state index in [4.69, 9.17) is 14.2 Å². The topological polar surface area (TPSA) is 86.2 Å². The zero-order valence-electron chi connectivity index (χ0n) is 10.8. The van der Waals surface area contributed by atoms with Crippen LogP contribution in [-0.2, 0) is 9.84 Å². The fourth-order valence-corrected chi connectivity index (χ4v) is 2.51. The quantitative estimate of drug-likeness (QED) is 0.796. The van der Waals surface area contributed by atoms with Gasteiger partial charge < -0.3 is 11.5 Å². The van der Waals surface area contributed by atoms with E-state index in [1.54, 1.807) is 0 Å². The van der Waals surface area contributed by atoms with Crippen molar-refractivity contribution in [3.63, 3.8) is 0 Å². The Morgan fingerprint density at radius 2 is 1.29 bits per heavy atom. The van der Waals surface area contributed by atoms with Crippen molar-refractivity contribution in [1.29, 1.82) is 0 Å². The average Bonchev–Trinajstić information content (AvgIpc) is 2.35. The molecule has 0 unspecified atom stereocenters. The minimum absolute atomic E-state index is 0.0451. The lowest BCUT2D eigenvalue weighted by Gasteiger charge is -2.05. The first-order valence-electron chi connectivity index (χ1n) is 5.79. The minimum Gasteiger partial charge on any atom is -0.399 e. The van der Waals surface area contributed by atoms with E-state index < -0.39 is 9.84 Å². The molecule has 4 nitrogen and oxygen atoms in total. The molecule has 0 saturated carbocycles. The van der Waals surface area contributed by atoms with Gasteiger partial charge in [0.25, 0.3) is 0 Å². The van der Waals surface area contributed by atoms with Crippen molar-refractivity contribution in [1.82, 2.24) is 0 Å². The SMILES string of the molecule is [3H]c1cc(S(=O)(=O)c2ccc(N)cc2)cc([3H])c1N. The van der Waals surface area contributed by atoms with Crippen LogP contribution in [0.15, 0.2) is 58.3 Å². The zero-order chi connectivity index (χ0) is 14.2. The smallest absolute Gasteiger partial charge is 0.206 e. The zero-order valence-corrected chi connectivity index (χ0v) is 9.66. The van der Waals surface area contributed by atoms with Gasteiger partial charge in [-0.25, -0.2) is 8.42 Å². The molecule has 2 aromatic carbocycles. The monoisotopic (exact) mass is 252 g/mol. The molecule has 2 rings (SSSR count). The third kappa shape index (κ3) is 2.24. The Morgan fingerprint density at radius 1 is 0.824 bits per heavy atom. The molecule has 0 bridgehead atoms. The van der Waals surface area contributed by atoms with Gasteiger partial charge in [-0.15, -0.1) is 0 Å². The highest BCUT2D eigenvalue weighted by molar-refractivity contribution is 7.91. The molecule has 0 aliphatic rings. The number of nitrogen functional groups attached to an aromatic ring is 2. The lowest BCUT2D eigenvalue weighted by Crippen LogP contribution is -2.02. The Bertz CT molecular complexity index is 705. The summed E-state index contributed by atoms with van der Waals surface area (Å²) in [6.07, 6.45) is 0. The molecular weight excluding hydrogens is 236 g/mol. The summed E-state index contributed by atoms with van der Waals surface area (Å²) in [5.41, 5.74) is 11.4. The fourth-order valence-electron chi connectivity index (χ4n) is 1.32. The van der Waals surface area contributed by atoms with E-state index in [1.165, 1.54) is 24.3 Å². The third-order valence-corrected chi connectivity index (χ3v) is 3.99. The van der Waals surface area contributed by atoms with Gasteiger partial charge in [-0.2, -0.15) is 0 Å².